The van der Waals surface area contributed by atoms with Crippen LogP contribution >= 0.6 is 15.9 Å². The molecule has 1 nitrogen and oxygen atoms in total. The molecule has 2 aromatic rings. The molecule has 0 saturated heterocycles. The molecule has 100 valence electrons. The topological polar surface area (TPSA) is 12.0 Å². The van der Waals surface area contributed by atoms with Crippen LogP contribution in [0.15, 0.2) is 28.7 Å². The fraction of sp³-hybridized carbons (Fsp3) is 0.200. The Labute approximate surface area is 119 Å². The van der Waals surface area contributed by atoms with E-state index in [-0.39, 0.29) is 10.2 Å². The van der Waals surface area contributed by atoms with Gasteiger partial charge in [-0.15, -0.1) is 0 Å². The quantitative estimate of drug-likeness (QED) is 0.729. The van der Waals surface area contributed by atoms with E-state index in [0.29, 0.717) is 5.56 Å². The molecule has 0 heterocycles. The highest BCUT2D eigenvalue weighted by molar-refractivity contribution is 9.10. The normalized spacial score (nSPS) is 10.6. The number of benzene rings is 2. The lowest BCUT2D eigenvalue weighted by Crippen LogP contribution is -2.01. The van der Waals surface area contributed by atoms with Crippen molar-refractivity contribution in [2.24, 2.45) is 0 Å². The van der Waals surface area contributed by atoms with Crippen LogP contribution in [0.2, 0.25) is 0 Å². The molecule has 0 amide bonds. The first-order valence-electron chi connectivity index (χ1n) is 5.88. The molecule has 19 heavy (non-hydrogen) atoms. The molecule has 0 aliphatic rings. The van der Waals surface area contributed by atoms with Gasteiger partial charge >= 0.3 is 0 Å². The van der Waals surface area contributed by atoms with Crippen molar-refractivity contribution in [3.63, 3.8) is 0 Å². The second kappa shape index (κ2) is 5.29. The maximum Gasteiger partial charge on any atom is 0.183 e. The van der Waals surface area contributed by atoms with Crippen molar-refractivity contribution in [1.29, 1.82) is 0 Å². The van der Waals surface area contributed by atoms with Gasteiger partial charge in [0.1, 0.15) is 0 Å². The first-order chi connectivity index (χ1) is 8.90. The van der Waals surface area contributed by atoms with E-state index in [2.05, 4.69) is 21.2 Å². The SMILES string of the molecule is Cc1ccc(Nc2c(C)cc(Br)c(F)c2F)c(C)c1. The van der Waals surface area contributed by atoms with E-state index in [4.69, 9.17) is 0 Å². The molecule has 4 heteroatoms. The highest BCUT2D eigenvalue weighted by Crippen LogP contribution is 2.31. The average molecular weight is 326 g/mol. The molecule has 0 bridgehead atoms. The Morgan fingerprint density at radius 2 is 1.63 bits per heavy atom. The molecule has 0 spiro atoms. The minimum absolute atomic E-state index is 0.133. The fourth-order valence-electron chi connectivity index (χ4n) is 1.96. The summed E-state index contributed by atoms with van der Waals surface area (Å²) >= 11 is 3.00. The molecule has 0 saturated carbocycles. The Kier molecular flexibility index (Phi) is 3.90. The number of aryl methyl sites for hydroxylation is 3. The van der Waals surface area contributed by atoms with E-state index < -0.39 is 11.6 Å². The summed E-state index contributed by atoms with van der Waals surface area (Å²) in [6.45, 7) is 5.65. The molecule has 1 N–H and O–H groups in total. The maximum absolute atomic E-state index is 14.0. The predicted molar refractivity (Wildman–Crippen MR) is 78.0 cm³/mol. The van der Waals surface area contributed by atoms with Crippen LogP contribution in [0.25, 0.3) is 0 Å². The standard InChI is InChI=1S/C15H14BrF2N/c1-8-4-5-12(9(2)6-8)19-15-10(3)7-11(16)13(17)14(15)18/h4-7,19H,1-3H3. The molecule has 0 radical (unpaired) electrons. The Morgan fingerprint density at radius 3 is 2.26 bits per heavy atom. The summed E-state index contributed by atoms with van der Waals surface area (Å²) in [5.41, 5.74) is 3.71. The zero-order chi connectivity index (χ0) is 14.2. The predicted octanol–water partition coefficient (Wildman–Crippen LogP) is 5.40. The van der Waals surface area contributed by atoms with E-state index in [1.54, 1.807) is 13.0 Å². The van der Waals surface area contributed by atoms with Crippen LogP contribution in [0.5, 0.6) is 0 Å². The van der Waals surface area contributed by atoms with Gasteiger partial charge in [0.05, 0.1) is 10.2 Å². The lowest BCUT2D eigenvalue weighted by molar-refractivity contribution is 0.506. The van der Waals surface area contributed by atoms with Gasteiger partial charge in [-0.25, -0.2) is 8.78 Å². The van der Waals surface area contributed by atoms with E-state index in [1.165, 1.54) is 0 Å². The maximum atomic E-state index is 14.0. The highest BCUT2D eigenvalue weighted by atomic mass is 79.9. The number of anilines is 2. The van der Waals surface area contributed by atoms with Gasteiger partial charge in [-0.05, 0) is 60.0 Å². The van der Waals surface area contributed by atoms with Crippen molar-refractivity contribution in [2.45, 2.75) is 20.8 Å². The monoisotopic (exact) mass is 325 g/mol. The van der Waals surface area contributed by atoms with Gasteiger partial charge in [0.25, 0.3) is 0 Å². The number of halogens is 3. The molecular formula is C15H14BrF2N. The van der Waals surface area contributed by atoms with E-state index in [0.717, 1.165) is 16.8 Å². The van der Waals surface area contributed by atoms with Crippen LogP contribution in [-0.4, -0.2) is 0 Å². The Bertz CT molecular complexity index is 639. The molecule has 0 fully saturated rings. The van der Waals surface area contributed by atoms with Crippen LogP contribution in [0.4, 0.5) is 20.2 Å². The van der Waals surface area contributed by atoms with Crippen LogP contribution in [0, 0.1) is 32.4 Å². The Hall–Kier alpha value is -1.42. The Morgan fingerprint density at radius 1 is 0.947 bits per heavy atom. The summed E-state index contributed by atoms with van der Waals surface area (Å²) in [5.74, 6) is -1.75. The molecule has 2 aromatic carbocycles. The summed E-state index contributed by atoms with van der Waals surface area (Å²) in [4.78, 5) is 0. The smallest absolute Gasteiger partial charge is 0.183 e. The average Bonchev–Trinajstić information content (AvgIpc) is 2.34. The molecule has 0 unspecified atom stereocenters. The van der Waals surface area contributed by atoms with Gasteiger partial charge in [-0.3, -0.25) is 0 Å². The molecule has 0 aliphatic carbocycles. The highest BCUT2D eigenvalue weighted by Gasteiger charge is 2.15. The molecule has 2 rings (SSSR count). The third-order valence-corrected chi connectivity index (χ3v) is 3.58. The van der Waals surface area contributed by atoms with Crippen LogP contribution in [0.3, 0.4) is 0 Å². The van der Waals surface area contributed by atoms with Gasteiger partial charge in [0, 0.05) is 5.69 Å². The lowest BCUT2D eigenvalue weighted by Gasteiger charge is -2.14. The molecular weight excluding hydrogens is 312 g/mol. The van der Waals surface area contributed by atoms with Crippen LogP contribution in [-0.2, 0) is 0 Å². The third-order valence-electron chi connectivity index (χ3n) is 3.00. The van der Waals surface area contributed by atoms with E-state index >= 15 is 0 Å². The minimum atomic E-state index is -0.877. The molecule has 0 atom stereocenters. The molecule has 0 aromatic heterocycles. The van der Waals surface area contributed by atoms with Gasteiger partial charge < -0.3 is 5.32 Å². The zero-order valence-corrected chi connectivity index (χ0v) is 12.5. The summed E-state index contributed by atoms with van der Waals surface area (Å²) in [5, 5.41) is 2.97. The second-order valence-corrected chi connectivity index (χ2v) is 5.48. The van der Waals surface area contributed by atoms with Crippen molar-refractivity contribution in [3.05, 3.63) is 57.1 Å². The van der Waals surface area contributed by atoms with Gasteiger partial charge in [-0.1, -0.05) is 17.7 Å². The summed E-state index contributed by atoms with van der Waals surface area (Å²) in [7, 11) is 0. The molecule has 0 aliphatic heterocycles. The fourth-order valence-corrected chi connectivity index (χ4v) is 2.47. The zero-order valence-electron chi connectivity index (χ0n) is 10.9. The first kappa shape index (κ1) is 14.0. The van der Waals surface area contributed by atoms with Gasteiger partial charge in [0.15, 0.2) is 11.6 Å². The second-order valence-electron chi connectivity index (χ2n) is 4.62. The number of hydrogen-bond donors (Lipinski definition) is 1. The number of nitrogens with one attached hydrogen (secondary N) is 1. The summed E-state index contributed by atoms with van der Waals surface area (Å²) in [6.07, 6.45) is 0. The Balaban J connectivity index is 2.47. The third kappa shape index (κ3) is 2.78. The summed E-state index contributed by atoms with van der Waals surface area (Å²) < 4.78 is 27.7. The number of hydrogen-bond acceptors (Lipinski definition) is 1. The van der Waals surface area contributed by atoms with Crippen LogP contribution < -0.4 is 5.32 Å². The van der Waals surface area contributed by atoms with Gasteiger partial charge in [-0.2, -0.15) is 0 Å². The first-order valence-corrected chi connectivity index (χ1v) is 6.68. The lowest BCUT2D eigenvalue weighted by atomic mass is 10.1. The van der Waals surface area contributed by atoms with E-state index in [9.17, 15) is 8.78 Å². The van der Waals surface area contributed by atoms with Crippen molar-refractivity contribution in [2.75, 3.05) is 5.32 Å². The van der Waals surface area contributed by atoms with Crippen LogP contribution in [0.1, 0.15) is 16.7 Å². The minimum Gasteiger partial charge on any atom is -0.353 e. The number of rotatable bonds is 2. The van der Waals surface area contributed by atoms with Crippen molar-refractivity contribution >= 4 is 27.3 Å². The van der Waals surface area contributed by atoms with Crippen molar-refractivity contribution < 1.29 is 8.78 Å². The largest absolute Gasteiger partial charge is 0.353 e. The summed E-state index contributed by atoms with van der Waals surface area (Å²) in [6, 6.07) is 7.34. The van der Waals surface area contributed by atoms with Gasteiger partial charge in [0.2, 0.25) is 0 Å². The van der Waals surface area contributed by atoms with Crippen molar-refractivity contribution in [3.8, 4) is 0 Å². The van der Waals surface area contributed by atoms with Crippen molar-refractivity contribution in [1.82, 2.24) is 0 Å². The van der Waals surface area contributed by atoms with E-state index in [1.807, 2.05) is 32.0 Å².